The van der Waals surface area contributed by atoms with Crippen molar-refractivity contribution in [3.05, 3.63) is 49.6 Å². The summed E-state index contributed by atoms with van der Waals surface area (Å²) in [5, 5.41) is 3.16. The van der Waals surface area contributed by atoms with Crippen molar-refractivity contribution in [3.8, 4) is 0 Å². The molecular formula is C12H10BrClN2OS. The average Bonchev–Trinajstić information content (AvgIpc) is 2.72. The van der Waals surface area contributed by atoms with Crippen LogP contribution in [0.1, 0.15) is 15.2 Å². The third kappa shape index (κ3) is 3.04. The Morgan fingerprint density at radius 1 is 1.39 bits per heavy atom. The molecule has 0 fully saturated rings. The second-order valence-corrected chi connectivity index (χ2v) is 6.55. The first-order chi connectivity index (χ1) is 8.58. The lowest BCUT2D eigenvalue weighted by Crippen LogP contribution is -2.23. The SMILES string of the molecule is Nc1cccc(Cl)c1C(=O)NCc1ccc(Br)s1. The van der Waals surface area contributed by atoms with E-state index in [9.17, 15) is 4.79 Å². The predicted octanol–water partition coefficient (Wildman–Crippen LogP) is 3.68. The molecule has 0 spiro atoms. The molecule has 2 aromatic rings. The van der Waals surface area contributed by atoms with E-state index in [0.29, 0.717) is 22.8 Å². The van der Waals surface area contributed by atoms with E-state index < -0.39 is 0 Å². The minimum absolute atomic E-state index is 0.261. The van der Waals surface area contributed by atoms with Gasteiger partial charge >= 0.3 is 0 Å². The summed E-state index contributed by atoms with van der Waals surface area (Å²) >= 11 is 10.9. The van der Waals surface area contributed by atoms with E-state index in [4.69, 9.17) is 17.3 Å². The van der Waals surface area contributed by atoms with E-state index >= 15 is 0 Å². The number of nitrogens with one attached hydrogen (secondary N) is 1. The number of rotatable bonds is 3. The van der Waals surface area contributed by atoms with E-state index in [2.05, 4.69) is 21.2 Å². The van der Waals surface area contributed by atoms with Crippen molar-refractivity contribution in [3.63, 3.8) is 0 Å². The summed E-state index contributed by atoms with van der Waals surface area (Å²) < 4.78 is 1.03. The number of carbonyl (C=O) groups excluding carboxylic acids is 1. The molecule has 0 radical (unpaired) electrons. The molecule has 0 aliphatic carbocycles. The smallest absolute Gasteiger partial charge is 0.255 e. The fourth-order valence-electron chi connectivity index (χ4n) is 1.48. The fraction of sp³-hybridized carbons (Fsp3) is 0.0833. The Labute approximate surface area is 122 Å². The van der Waals surface area contributed by atoms with Crippen molar-refractivity contribution >= 4 is 50.5 Å². The minimum Gasteiger partial charge on any atom is -0.398 e. The zero-order valence-electron chi connectivity index (χ0n) is 9.24. The van der Waals surface area contributed by atoms with Gasteiger partial charge in [-0.25, -0.2) is 0 Å². The van der Waals surface area contributed by atoms with E-state index in [1.807, 2.05) is 12.1 Å². The number of halogens is 2. The molecule has 1 amide bonds. The Morgan fingerprint density at radius 3 is 2.78 bits per heavy atom. The van der Waals surface area contributed by atoms with Gasteiger partial charge in [0.1, 0.15) is 0 Å². The summed E-state index contributed by atoms with van der Waals surface area (Å²) in [6, 6.07) is 8.91. The maximum absolute atomic E-state index is 12.0. The van der Waals surface area contributed by atoms with Gasteiger partial charge in [-0.3, -0.25) is 4.79 Å². The van der Waals surface area contributed by atoms with Gasteiger partial charge in [-0.15, -0.1) is 11.3 Å². The molecule has 3 N–H and O–H groups in total. The zero-order chi connectivity index (χ0) is 13.1. The first-order valence-corrected chi connectivity index (χ1v) is 7.13. The number of benzene rings is 1. The van der Waals surface area contributed by atoms with Gasteiger partial charge in [-0.1, -0.05) is 17.7 Å². The Balaban J connectivity index is 2.08. The number of hydrogen-bond donors (Lipinski definition) is 2. The standard InChI is InChI=1S/C12H10BrClN2OS/c13-10-5-4-7(18-10)6-16-12(17)11-8(14)2-1-3-9(11)15/h1-5H,6,15H2,(H,16,17). The summed E-state index contributed by atoms with van der Waals surface area (Å²) in [7, 11) is 0. The highest BCUT2D eigenvalue weighted by molar-refractivity contribution is 9.11. The van der Waals surface area contributed by atoms with Crippen molar-refractivity contribution in [2.75, 3.05) is 5.73 Å². The van der Waals surface area contributed by atoms with Crippen LogP contribution in [0.15, 0.2) is 34.1 Å². The Kier molecular flexibility index (Phi) is 4.27. The van der Waals surface area contributed by atoms with Crippen molar-refractivity contribution in [2.24, 2.45) is 0 Å². The van der Waals surface area contributed by atoms with E-state index in [1.54, 1.807) is 29.5 Å². The molecule has 0 aliphatic heterocycles. The van der Waals surface area contributed by atoms with Gasteiger partial charge in [0.2, 0.25) is 0 Å². The van der Waals surface area contributed by atoms with Crippen LogP contribution < -0.4 is 11.1 Å². The summed E-state index contributed by atoms with van der Waals surface area (Å²) in [6.45, 7) is 0.458. The highest BCUT2D eigenvalue weighted by Crippen LogP contribution is 2.23. The number of thiophene rings is 1. The molecule has 0 unspecified atom stereocenters. The van der Waals surface area contributed by atoms with Gasteiger partial charge in [0.25, 0.3) is 5.91 Å². The van der Waals surface area contributed by atoms with Crippen LogP contribution in [0.2, 0.25) is 5.02 Å². The molecule has 2 rings (SSSR count). The normalized spacial score (nSPS) is 10.3. The van der Waals surface area contributed by atoms with E-state index in [0.717, 1.165) is 8.66 Å². The molecule has 94 valence electrons. The Morgan fingerprint density at radius 2 is 2.17 bits per heavy atom. The van der Waals surface area contributed by atoms with E-state index in [1.165, 1.54) is 0 Å². The summed E-state index contributed by atoms with van der Waals surface area (Å²) in [6.07, 6.45) is 0. The first-order valence-electron chi connectivity index (χ1n) is 5.14. The van der Waals surface area contributed by atoms with Crippen LogP contribution >= 0.6 is 38.9 Å². The molecule has 3 nitrogen and oxygen atoms in total. The Hall–Kier alpha value is -1.04. The third-order valence-electron chi connectivity index (χ3n) is 2.32. The van der Waals surface area contributed by atoms with Crippen LogP contribution in [-0.4, -0.2) is 5.91 Å². The maximum atomic E-state index is 12.0. The largest absolute Gasteiger partial charge is 0.398 e. The van der Waals surface area contributed by atoms with Gasteiger partial charge in [0.05, 0.1) is 20.9 Å². The lowest BCUT2D eigenvalue weighted by Gasteiger charge is -2.08. The lowest BCUT2D eigenvalue weighted by molar-refractivity contribution is 0.0952. The van der Waals surface area contributed by atoms with Crippen LogP contribution in [-0.2, 0) is 6.54 Å². The summed E-state index contributed by atoms with van der Waals surface area (Å²) in [5.41, 5.74) is 6.46. The topological polar surface area (TPSA) is 55.1 Å². The van der Waals surface area contributed by atoms with Gasteiger partial charge in [-0.2, -0.15) is 0 Å². The first kappa shape index (κ1) is 13.4. The molecule has 0 atom stereocenters. The molecule has 1 aromatic carbocycles. The maximum Gasteiger partial charge on any atom is 0.255 e. The van der Waals surface area contributed by atoms with Gasteiger partial charge in [0, 0.05) is 10.6 Å². The van der Waals surface area contributed by atoms with Crippen LogP contribution in [0.3, 0.4) is 0 Å². The van der Waals surface area contributed by atoms with Gasteiger partial charge in [0.15, 0.2) is 0 Å². The molecule has 0 aliphatic rings. The van der Waals surface area contributed by atoms with Crippen LogP contribution in [0.5, 0.6) is 0 Å². The summed E-state index contributed by atoms with van der Waals surface area (Å²) in [5.74, 6) is -0.261. The lowest BCUT2D eigenvalue weighted by atomic mass is 10.1. The van der Waals surface area contributed by atoms with Crippen molar-refractivity contribution < 1.29 is 4.79 Å². The van der Waals surface area contributed by atoms with Crippen molar-refractivity contribution in [1.29, 1.82) is 0 Å². The van der Waals surface area contributed by atoms with Crippen LogP contribution in [0, 0.1) is 0 Å². The predicted molar refractivity (Wildman–Crippen MR) is 79.1 cm³/mol. The zero-order valence-corrected chi connectivity index (χ0v) is 12.4. The average molecular weight is 346 g/mol. The molecule has 6 heteroatoms. The number of carbonyl (C=O) groups is 1. The molecule has 1 heterocycles. The second-order valence-electron chi connectivity index (χ2n) is 3.59. The van der Waals surface area contributed by atoms with E-state index in [-0.39, 0.29) is 5.91 Å². The number of hydrogen-bond acceptors (Lipinski definition) is 3. The minimum atomic E-state index is -0.261. The van der Waals surface area contributed by atoms with Crippen molar-refractivity contribution in [2.45, 2.75) is 6.54 Å². The molecule has 0 saturated heterocycles. The number of nitrogens with two attached hydrogens (primary N) is 1. The summed E-state index contributed by atoms with van der Waals surface area (Å²) in [4.78, 5) is 13.0. The fourth-order valence-corrected chi connectivity index (χ4v) is 3.17. The molecule has 0 saturated carbocycles. The number of amides is 1. The van der Waals surface area contributed by atoms with Crippen molar-refractivity contribution in [1.82, 2.24) is 5.32 Å². The monoisotopic (exact) mass is 344 g/mol. The highest BCUT2D eigenvalue weighted by atomic mass is 79.9. The van der Waals surface area contributed by atoms with Crippen LogP contribution in [0.4, 0.5) is 5.69 Å². The number of anilines is 1. The molecule has 0 bridgehead atoms. The van der Waals surface area contributed by atoms with Gasteiger partial charge in [-0.05, 0) is 40.2 Å². The quantitative estimate of drug-likeness (QED) is 0.834. The second kappa shape index (κ2) is 5.73. The molecule has 18 heavy (non-hydrogen) atoms. The molecular weight excluding hydrogens is 336 g/mol. The Bertz CT molecular complexity index is 565. The van der Waals surface area contributed by atoms with Crippen LogP contribution in [0.25, 0.3) is 0 Å². The van der Waals surface area contributed by atoms with Gasteiger partial charge < -0.3 is 11.1 Å². The molecule has 1 aromatic heterocycles. The third-order valence-corrected chi connectivity index (χ3v) is 4.26. The number of nitrogen functional groups attached to an aromatic ring is 1. The highest BCUT2D eigenvalue weighted by Gasteiger charge is 2.13.